The number of carbonyl (C=O) groups is 1. The van der Waals surface area contributed by atoms with Crippen molar-refractivity contribution >= 4 is 11.9 Å². The number of ether oxygens (including phenoxy) is 1. The van der Waals surface area contributed by atoms with E-state index in [1.807, 2.05) is 0 Å². The zero-order valence-corrected chi connectivity index (χ0v) is 32.8. The predicted octanol–water partition coefficient (Wildman–Crippen LogP) is 12.5. The van der Waals surface area contributed by atoms with Crippen molar-refractivity contribution in [1.82, 2.24) is 0 Å². The molecule has 9 atom stereocenters. The van der Waals surface area contributed by atoms with Crippen LogP contribution in [0.2, 0.25) is 0 Å². The molecular weight excluding hydrogens is 609 g/mol. The van der Waals surface area contributed by atoms with Gasteiger partial charge in [0.2, 0.25) is 0 Å². The number of unbranched alkanes of at least 4 members (excludes halogenated alkanes) is 2. The third-order valence-electron chi connectivity index (χ3n) is 17.3. The first kappa shape index (κ1) is 34.9. The molecule has 1 aliphatic heterocycles. The number of rotatable bonds is 6. The van der Waals surface area contributed by atoms with Crippen LogP contribution in [-0.2, 0) is 16.0 Å². The van der Waals surface area contributed by atoms with Crippen LogP contribution >= 0.6 is 0 Å². The molecule has 0 amide bonds. The predicted molar refractivity (Wildman–Crippen MR) is 208 cm³/mol. The Kier molecular flexibility index (Phi) is 8.31. The summed E-state index contributed by atoms with van der Waals surface area (Å²) >= 11 is 0. The molecule has 50 heavy (non-hydrogen) atoms. The molecule has 0 radical (unpaired) electrons. The van der Waals surface area contributed by atoms with E-state index >= 15 is 0 Å². The number of aryl methyl sites for hydroxylation is 1. The van der Waals surface area contributed by atoms with Crippen LogP contribution in [-0.4, -0.2) is 18.5 Å². The molecule has 0 aromatic heterocycles. The number of Topliss-reactive ketones (excluding diaryl/α,β-unsaturated/α-hetero) is 1. The maximum absolute atomic E-state index is 14.4. The van der Waals surface area contributed by atoms with E-state index in [2.05, 4.69) is 110 Å². The third-order valence-corrected chi connectivity index (χ3v) is 17.3. The monoisotopic (exact) mass is 675 g/mol. The lowest BCUT2D eigenvalue weighted by molar-refractivity contribution is -0.236. The Morgan fingerprint density at radius 1 is 0.740 bits per heavy atom. The van der Waals surface area contributed by atoms with E-state index in [0.29, 0.717) is 40.0 Å². The first-order valence-electron chi connectivity index (χ1n) is 20.7. The number of fused-ring (bicyclic) bond motifs is 5. The molecule has 270 valence electrons. The Morgan fingerprint density at radius 2 is 1.42 bits per heavy atom. The lowest BCUT2D eigenvalue weighted by Crippen LogP contribution is -2.67. The van der Waals surface area contributed by atoms with E-state index in [1.54, 1.807) is 0 Å². The van der Waals surface area contributed by atoms with Crippen LogP contribution in [0.5, 0.6) is 0 Å². The summed E-state index contributed by atoms with van der Waals surface area (Å²) in [5.41, 5.74) is 7.29. The average molecular weight is 675 g/mol. The topological polar surface area (TPSA) is 26.3 Å². The van der Waals surface area contributed by atoms with E-state index in [-0.39, 0.29) is 16.2 Å². The zero-order valence-electron chi connectivity index (χ0n) is 32.8. The van der Waals surface area contributed by atoms with E-state index in [4.69, 9.17) is 4.74 Å². The summed E-state index contributed by atoms with van der Waals surface area (Å²) in [6.45, 7) is 20.9. The van der Waals surface area contributed by atoms with Crippen molar-refractivity contribution in [3.8, 4) is 11.1 Å². The summed E-state index contributed by atoms with van der Waals surface area (Å²) < 4.78 is 6.82. The van der Waals surface area contributed by atoms with Gasteiger partial charge in [-0.2, -0.15) is 0 Å². The molecule has 2 aromatic carbocycles. The van der Waals surface area contributed by atoms with E-state index in [9.17, 15) is 4.79 Å². The number of hydrogen-bond acceptors (Lipinski definition) is 2. The Morgan fingerprint density at radius 3 is 2.12 bits per heavy atom. The molecule has 1 heterocycles. The van der Waals surface area contributed by atoms with E-state index in [1.165, 1.54) is 93.7 Å². The van der Waals surface area contributed by atoms with Gasteiger partial charge in [-0.1, -0.05) is 117 Å². The number of carbonyl (C=O) groups excluding carboxylic acids is 1. The second-order valence-corrected chi connectivity index (χ2v) is 20.4. The molecule has 0 unspecified atom stereocenters. The summed E-state index contributed by atoms with van der Waals surface area (Å²) in [6.07, 6.45) is 19.1. The maximum Gasteiger partial charge on any atom is 0.164 e. The first-order valence-corrected chi connectivity index (χ1v) is 20.7. The van der Waals surface area contributed by atoms with Gasteiger partial charge in [-0.25, -0.2) is 0 Å². The number of hydrogen-bond donors (Lipinski definition) is 0. The van der Waals surface area contributed by atoms with Gasteiger partial charge in [-0.05, 0) is 155 Å². The minimum atomic E-state index is -0.340. The standard InChI is InChI=1S/C48H66O2/c1-9-10-11-12-32-13-17-34(18-14-32)35-19-15-33(16-20-35)29-36-30-45(6)38(44(4,5)41(36)49)23-24-47(8)39(45)22-21-37-40-42-43(2,3)25-27-48(40,31-50-42)28-26-46(37,47)7/h13-20,29,37-40,42H,9-12,21-28,30-31H2,1-8H3/b36-29+/t37-,38+,39+,40+,42+,45-,46+,47+,48+/m0/s1. The minimum absolute atomic E-state index is 0.124. The molecule has 6 aliphatic rings. The molecule has 6 fully saturated rings. The molecule has 1 saturated heterocycles. The molecular formula is C48H66O2. The van der Waals surface area contributed by atoms with Crippen molar-refractivity contribution in [3.05, 3.63) is 65.2 Å². The average Bonchev–Trinajstić information content (AvgIpc) is 3.42. The summed E-state index contributed by atoms with van der Waals surface area (Å²) in [7, 11) is 0. The summed E-state index contributed by atoms with van der Waals surface area (Å²) in [5, 5.41) is 0. The highest BCUT2D eigenvalue weighted by atomic mass is 16.5. The normalized spacial score (nSPS) is 42.0. The fourth-order valence-electron chi connectivity index (χ4n) is 14.4. The highest BCUT2D eigenvalue weighted by Gasteiger charge is 2.73. The van der Waals surface area contributed by atoms with Gasteiger partial charge >= 0.3 is 0 Å². The molecule has 2 heteroatoms. The van der Waals surface area contributed by atoms with Gasteiger partial charge in [0.1, 0.15) is 0 Å². The van der Waals surface area contributed by atoms with Gasteiger partial charge in [0.25, 0.3) is 0 Å². The minimum Gasteiger partial charge on any atom is -0.377 e. The second-order valence-electron chi connectivity index (χ2n) is 20.4. The van der Waals surface area contributed by atoms with Crippen molar-refractivity contribution < 1.29 is 9.53 Å². The van der Waals surface area contributed by atoms with Gasteiger partial charge in [-0.15, -0.1) is 0 Å². The quantitative estimate of drug-likeness (QED) is 0.225. The molecule has 5 saturated carbocycles. The van der Waals surface area contributed by atoms with E-state index in [0.717, 1.165) is 36.0 Å². The lowest BCUT2D eigenvalue weighted by atomic mass is 9.31. The fraction of sp³-hybridized carbons (Fsp3) is 0.688. The molecule has 0 spiro atoms. The van der Waals surface area contributed by atoms with E-state index < -0.39 is 0 Å². The largest absolute Gasteiger partial charge is 0.377 e. The van der Waals surface area contributed by atoms with Crippen molar-refractivity contribution in [2.24, 2.45) is 56.2 Å². The van der Waals surface area contributed by atoms with Crippen molar-refractivity contribution in [1.29, 1.82) is 0 Å². The van der Waals surface area contributed by atoms with Crippen molar-refractivity contribution in [2.45, 2.75) is 145 Å². The fourth-order valence-corrected chi connectivity index (χ4v) is 14.4. The Balaban J connectivity index is 1.07. The van der Waals surface area contributed by atoms with Crippen molar-refractivity contribution in [3.63, 3.8) is 0 Å². The number of allylic oxidation sites excluding steroid dienone is 1. The maximum atomic E-state index is 14.4. The summed E-state index contributed by atoms with van der Waals surface area (Å²) in [5.74, 6) is 2.95. The third kappa shape index (κ3) is 4.99. The molecule has 2 aromatic rings. The van der Waals surface area contributed by atoms with Crippen LogP contribution in [0.4, 0.5) is 0 Å². The van der Waals surface area contributed by atoms with Crippen LogP contribution in [0.15, 0.2) is 54.1 Å². The molecule has 5 aliphatic carbocycles. The Bertz CT molecular complexity index is 1640. The smallest absolute Gasteiger partial charge is 0.164 e. The van der Waals surface area contributed by atoms with Gasteiger partial charge in [0.15, 0.2) is 5.78 Å². The van der Waals surface area contributed by atoms with Crippen LogP contribution in [0.25, 0.3) is 17.2 Å². The van der Waals surface area contributed by atoms with Gasteiger partial charge < -0.3 is 4.74 Å². The lowest BCUT2D eigenvalue weighted by Gasteiger charge is -2.73. The molecule has 0 N–H and O–H groups in total. The van der Waals surface area contributed by atoms with Crippen LogP contribution in [0, 0.1) is 56.2 Å². The summed E-state index contributed by atoms with van der Waals surface area (Å²) in [4.78, 5) is 14.4. The number of ketones is 1. The van der Waals surface area contributed by atoms with Crippen LogP contribution in [0.3, 0.4) is 0 Å². The van der Waals surface area contributed by atoms with Gasteiger partial charge in [0.05, 0.1) is 12.7 Å². The number of benzene rings is 2. The Hall–Kier alpha value is -2.19. The van der Waals surface area contributed by atoms with Crippen molar-refractivity contribution in [2.75, 3.05) is 6.61 Å². The van der Waals surface area contributed by atoms with Crippen LogP contribution in [0.1, 0.15) is 144 Å². The zero-order chi connectivity index (χ0) is 35.3. The molecule has 8 rings (SSSR count). The van der Waals surface area contributed by atoms with Gasteiger partial charge in [0, 0.05) is 5.41 Å². The SMILES string of the molecule is CCCCCc1ccc(-c2ccc(/C=C3\C[C@@]4(C)[C@H](CC[C@]5(C)[C@@H]4CC[C@H]4[C@@H]6[C@H]7OC[C@@]6(CCC7(C)C)CC[C@]45C)C(C)(C)C3=O)cc2)cc1. The highest BCUT2D eigenvalue weighted by Crippen LogP contribution is 2.78. The summed E-state index contributed by atoms with van der Waals surface area (Å²) in [6, 6.07) is 18.1. The van der Waals surface area contributed by atoms with Gasteiger partial charge in [-0.3, -0.25) is 4.79 Å². The molecule has 2 nitrogen and oxygen atoms in total. The van der Waals surface area contributed by atoms with Crippen LogP contribution < -0.4 is 0 Å². The second kappa shape index (κ2) is 11.9. The molecule has 2 bridgehead atoms. The highest BCUT2D eigenvalue weighted by molar-refractivity contribution is 6.04. The Labute approximate surface area is 304 Å². The first-order chi connectivity index (χ1) is 23.7.